The quantitative estimate of drug-likeness (QED) is 0.895. The van der Waals surface area contributed by atoms with E-state index >= 15 is 0 Å². The summed E-state index contributed by atoms with van der Waals surface area (Å²) in [7, 11) is 2.28. The van der Waals surface area contributed by atoms with Crippen LogP contribution in [0.1, 0.15) is 37.7 Å². The lowest BCUT2D eigenvalue weighted by atomic mass is 9.88. The van der Waals surface area contributed by atoms with E-state index in [0.29, 0.717) is 0 Å². The summed E-state index contributed by atoms with van der Waals surface area (Å²) in [6.45, 7) is 2.39. The van der Waals surface area contributed by atoms with Crippen LogP contribution in [0.15, 0.2) is 18.2 Å². The molecule has 0 amide bonds. The number of benzene rings is 1. The van der Waals surface area contributed by atoms with Gasteiger partial charge in [0.25, 0.3) is 0 Å². The van der Waals surface area contributed by atoms with Crippen molar-refractivity contribution in [1.29, 1.82) is 0 Å². The molecule has 1 N–H and O–H groups in total. The van der Waals surface area contributed by atoms with Crippen LogP contribution in [0.25, 0.3) is 0 Å². The molecule has 3 aliphatic rings. The summed E-state index contributed by atoms with van der Waals surface area (Å²) in [5.74, 6) is 3.04. The lowest BCUT2D eigenvalue weighted by Crippen LogP contribution is -2.28. The summed E-state index contributed by atoms with van der Waals surface area (Å²) in [5.41, 5.74) is 4.28. The molecule has 2 fully saturated rings. The molecule has 1 aromatic rings. The Balaban J connectivity index is 1.46. The minimum atomic E-state index is 0.952. The van der Waals surface area contributed by atoms with Crippen LogP contribution in [0.5, 0.6) is 0 Å². The first-order chi connectivity index (χ1) is 9.79. The van der Waals surface area contributed by atoms with E-state index in [1.807, 2.05) is 0 Å². The van der Waals surface area contributed by atoms with Gasteiger partial charge >= 0.3 is 0 Å². The number of nitrogens with one attached hydrogen (secondary N) is 1. The van der Waals surface area contributed by atoms with E-state index in [4.69, 9.17) is 0 Å². The summed E-state index contributed by atoms with van der Waals surface area (Å²) in [6, 6.07) is 6.99. The molecule has 3 unspecified atom stereocenters. The molecule has 0 radical (unpaired) electrons. The number of fused-ring (bicyclic) bond motifs is 3. The Morgan fingerprint density at radius 1 is 1.25 bits per heavy atom. The zero-order valence-electron chi connectivity index (χ0n) is 12.6. The highest BCUT2D eigenvalue weighted by Crippen LogP contribution is 2.48. The van der Waals surface area contributed by atoms with Gasteiger partial charge in [-0.2, -0.15) is 0 Å². The summed E-state index contributed by atoms with van der Waals surface area (Å²) >= 11 is 0. The molecule has 2 saturated carbocycles. The number of anilines is 2. The van der Waals surface area contributed by atoms with Crippen molar-refractivity contribution in [3.8, 4) is 0 Å². The lowest BCUT2D eigenvalue weighted by Gasteiger charge is -2.29. The van der Waals surface area contributed by atoms with Gasteiger partial charge in [-0.25, -0.2) is 0 Å². The Bertz CT molecular complexity index is 496. The average molecular weight is 270 g/mol. The summed E-state index contributed by atoms with van der Waals surface area (Å²) in [4.78, 5) is 2.50. The lowest BCUT2D eigenvalue weighted by molar-refractivity contribution is 0.337. The molecular weight excluding hydrogens is 244 g/mol. The maximum atomic E-state index is 3.51. The van der Waals surface area contributed by atoms with Crippen molar-refractivity contribution in [2.75, 3.05) is 30.4 Å². The fourth-order valence-electron chi connectivity index (χ4n) is 4.76. The first-order valence-electron chi connectivity index (χ1n) is 8.37. The number of hydrogen-bond donors (Lipinski definition) is 1. The van der Waals surface area contributed by atoms with Crippen LogP contribution in [0.3, 0.4) is 0 Å². The summed E-state index contributed by atoms with van der Waals surface area (Å²) in [6.07, 6.45) is 8.52. The Kier molecular flexibility index (Phi) is 3.13. The minimum Gasteiger partial charge on any atom is -0.385 e. The van der Waals surface area contributed by atoms with E-state index in [-0.39, 0.29) is 0 Å². The molecule has 0 saturated heterocycles. The van der Waals surface area contributed by atoms with Gasteiger partial charge < -0.3 is 10.2 Å². The van der Waals surface area contributed by atoms with Gasteiger partial charge in [-0.3, -0.25) is 0 Å². The SMILES string of the molecule is CN(CC1CC2CCC1C2)c1ccc2c(c1)CCCN2. The molecule has 2 aliphatic carbocycles. The van der Waals surface area contributed by atoms with Crippen molar-refractivity contribution < 1.29 is 0 Å². The van der Waals surface area contributed by atoms with Gasteiger partial charge in [-0.15, -0.1) is 0 Å². The van der Waals surface area contributed by atoms with E-state index in [1.54, 1.807) is 0 Å². The van der Waals surface area contributed by atoms with Gasteiger partial charge in [0.15, 0.2) is 0 Å². The second-order valence-electron chi connectivity index (χ2n) is 7.19. The molecular formula is C18H26N2. The first kappa shape index (κ1) is 12.6. The van der Waals surface area contributed by atoms with Gasteiger partial charge in [-0.05, 0) is 73.6 Å². The molecule has 4 rings (SSSR count). The van der Waals surface area contributed by atoms with Crippen molar-refractivity contribution in [2.45, 2.75) is 38.5 Å². The van der Waals surface area contributed by atoms with Crippen LogP contribution < -0.4 is 10.2 Å². The predicted octanol–water partition coefficient (Wildman–Crippen LogP) is 3.92. The Labute approximate surface area is 122 Å². The third kappa shape index (κ3) is 2.19. The maximum absolute atomic E-state index is 3.51. The van der Waals surface area contributed by atoms with Crippen LogP contribution in [-0.4, -0.2) is 20.1 Å². The smallest absolute Gasteiger partial charge is 0.0374 e. The van der Waals surface area contributed by atoms with E-state index < -0.39 is 0 Å². The highest BCUT2D eigenvalue weighted by Gasteiger charge is 2.39. The van der Waals surface area contributed by atoms with Crippen LogP contribution in [0.2, 0.25) is 0 Å². The zero-order chi connectivity index (χ0) is 13.5. The molecule has 108 valence electrons. The standard InChI is InChI=1S/C18H26N2/c1-20(12-16-10-13-4-5-14(16)9-13)17-6-7-18-15(11-17)3-2-8-19-18/h6-7,11,13-14,16,19H,2-5,8-10,12H2,1H3. The first-order valence-corrected chi connectivity index (χ1v) is 8.37. The highest BCUT2D eigenvalue weighted by atomic mass is 15.1. The normalized spacial score (nSPS) is 30.9. The number of rotatable bonds is 3. The van der Waals surface area contributed by atoms with Crippen LogP contribution in [0, 0.1) is 17.8 Å². The van der Waals surface area contributed by atoms with E-state index in [2.05, 4.69) is 35.5 Å². The second-order valence-corrected chi connectivity index (χ2v) is 7.19. The van der Waals surface area contributed by atoms with Gasteiger partial charge in [0, 0.05) is 31.5 Å². The molecule has 1 aliphatic heterocycles. The van der Waals surface area contributed by atoms with E-state index in [0.717, 1.165) is 24.3 Å². The van der Waals surface area contributed by atoms with Crippen LogP contribution >= 0.6 is 0 Å². The molecule has 2 heteroatoms. The summed E-state index contributed by atoms with van der Waals surface area (Å²) in [5, 5.41) is 3.51. The maximum Gasteiger partial charge on any atom is 0.0374 e. The molecule has 0 spiro atoms. The zero-order valence-corrected chi connectivity index (χ0v) is 12.6. The third-order valence-electron chi connectivity index (χ3n) is 5.86. The van der Waals surface area contributed by atoms with Crippen molar-refractivity contribution in [1.82, 2.24) is 0 Å². The summed E-state index contributed by atoms with van der Waals surface area (Å²) < 4.78 is 0. The topological polar surface area (TPSA) is 15.3 Å². The fraction of sp³-hybridized carbons (Fsp3) is 0.667. The van der Waals surface area contributed by atoms with Gasteiger partial charge in [0.1, 0.15) is 0 Å². The second kappa shape index (κ2) is 4.98. The van der Waals surface area contributed by atoms with Crippen molar-refractivity contribution in [2.24, 2.45) is 17.8 Å². The number of hydrogen-bond acceptors (Lipinski definition) is 2. The molecule has 3 atom stereocenters. The molecule has 2 nitrogen and oxygen atoms in total. The van der Waals surface area contributed by atoms with Crippen molar-refractivity contribution in [3.05, 3.63) is 23.8 Å². The number of nitrogens with zero attached hydrogens (tertiary/aromatic N) is 1. The average Bonchev–Trinajstić information content (AvgIpc) is 3.09. The predicted molar refractivity (Wildman–Crippen MR) is 85.5 cm³/mol. The molecule has 1 aromatic carbocycles. The van der Waals surface area contributed by atoms with Gasteiger partial charge in [0.2, 0.25) is 0 Å². The molecule has 20 heavy (non-hydrogen) atoms. The minimum absolute atomic E-state index is 0.952. The molecule has 0 aromatic heterocycles. The Morgan fingerprint density at radius 2 is 2.20 bits per heavy atom. The molecule has 1 heterocycles. The van der Waals surface area contributed by atoms with Crippen LogP contribution in [0.4, 0.5) is 11.4 Å². The Hall–Kier alpha value is -1.18. The third-order valence-corrected chi connectivity index (χ3v) is 5.86. The Morgan fingerprint density at radius 3 is 3.00 bits per heavy atom. The fourth-order valence-corrected chi connectivity index (χ4v) is 4.76. The number of aryl methyl sites for hydroxylation is 1. The monoisotopic (exact) mass is 270 g/mol. The highest BCUT2D eigenvalue weighted by molar-refractivity contribution is 5.61. The van der Waals surface area contributed by atoms with Gasteiger partial charge in [0.05, 0.1) is 0 Å². The van der Waals surface area contributed by atoms with E-state index in [9.17, 15) is 0 Å². The van der Waals surface area contributed by atoms with E-state index in [1.165, 1.54) is 62.0 Å². The van der Waals surface area contributed by atoms with Crippen LogP contribution in [-0.2, 0) is 6.42 Å². The van der Waals surface area contributed by atoms with Crippen molar-refractivity contribution in [3.63, 3.8) is 0 Å². The largest absolute Gasteiger partial charge is 0.385 e. The molecule has 2 bridgehead atoms. The van der Waals surface area contributed by atoms with Gasteiger partial charge in [-0.1, -0.05) is 6.42 Å². The van der Waals surface area contributed by atoms with Crippen molar-refractivity contribution >= 4 is 11.4 Å².